The Labute approximate surface area is 269 Å². The molecule has 1 aromatic heterocycles. The quantitative estimate of drug-likeness (QED) is 0.200. The second-order valence-electron chi connectivity index (χ2n) is 11.4. The van der Waals surface area contributed by atoms with Crippen LogP contribution in [0.5, 0.6) is 11.5 Å². The third-order valence-electron chi connectivity index (χ3n) is 8.35. The Morgan fingerprint density at radius 1 is 0.348 bits per heavy atom. The lowest BCUT2D eigenvalue weighted by Gasteiger charge is -2.17. The second kappa shape index (κ2) is 12.2. The summed E-state index contributed by atoms with van der Waals surface area (Å²) in [5.74, 6) is 0.456. The molecule has 0 saturated carbocycles. The average molecular weight is 597 g/mol. The number of phenolic OH excluding ortho intramolecular Hbond substituents is 2. The highest BCUT2D eigenvalue weighted by molar-refractivity contribution is 5.89. The molecule has 6 aromatic carbocycles. The predicted molar refractivity (Wildman–Crippen MR) is 187 cm³/mol. The number of phenols is 2. The highest BCUT2D eigenvalue weighted by Gasteiger charge is 2.20. The summed E-state index contributed by atoms with van der Waals surface area (Å²) >= 11 is 0. The maximum Gasteiger partial charge on any atom is 0.131 e. The van der Waals surface area contributed by atoms with E-state index in [4.69, 9.17) is 9.97 Å². The Bertz CT molecular complexity index is 1880. The van der Waals surface area contributed by atoms with Gasteiger partial charge in [0.2, 0.25) is 0 Å². The molecule has 0 aliphatic carbocycles. The molecule has 2 N–H and O–H groups in total. The zero-order valence-corrected chi connectivity index (χ0v) is 25.6. The molecule has 0 fully saturated rings. The molecule has 0 amide bonds. The third-order valence-corrected chi connectivity index (χ3v) is 8.35. The van der Waals surface area contributed by atoms with Gasteiger partial charge < -0.3 is 10.2 Å². The molecule has 46 heavy (non-hydrogen) atoms. The average Bonchev–Trinajstić information content (AvgIpc) is 3.11. The van der Waals surface area contributed by atoms with Crippen LogP contribution in [0.1, 0.15) is 11.4 Å². The fourth-order valence-corrected chi connectivity index (χ4v) is 6.04. The van der Waals surface area contributed by atoms with Crippen LogP contribution in [0, 0.1) is 13.8 Å². The summed E-state index contributed by atoms with van der Waals surface area (Å²) in [7, 11) is 0. The van der Waals surface area contributed by atoms with Crippen molar-refractivity contribution in [2.75, 3.05) is 0 Å². The summed E-state index contributed by atoms with van der Waals surface area (Å²) in [4.78, 5) is 10.3. The highest BCUT2D eigenvalue weighted by atomic mass is 16.3. The molecule has 0 bridgehead atoms. The van der Waals surface area contributed by atoms with E-state index in [1.165, 1.54) is 0 Å². The van der Waals surface area contributed by atoms with Crippen molar-refractivity contribution in [2.24, 2.45) is 0 Å². The lowest BCUT2D eigenvalue weighted by molar-refractivity contribution is 0.479. The van der Waals surface area contributed by atoms with Crippen LogP contribution in [0.25, 0.3) is 67.0 Å². The van der Waals surface area contributed by atoms with Crippen LogP contribution in [0.4, 0.5) is 0 Å². The Kier molecular flexibility index (Phi) is 7.61. The first kappa shape index (κ1) is 28.8. The van der Waals surface area contributed by atoms with Gasteiger partial charge in [-0.2, -0.15) is 0 Å². The fourth-order valence-electron chi connectivity index (χ4n) is 6.04. The standard InChI is InChI=1S/C42H32N2O2/c1-27-39(33-23-35(29-15-7-3-8-16-29)41(45)36(24-33)30-17-9-4-10-18-30)44-28(2)40(43-27)34-25-37(31-19-11-5-12-20-31)42(46)38(26-34)32-21-13-6-14-22-32/h3-26,45-46H,1-2H3. The minimum Gasteiger partial charge on any atom is -0.507 e. The molecule has 0 radical (unpaired) electrons. The van der Waals surface area contributed by atoms with Gasteiger partial charge in [0.15, 0.2) is 0 Å². The van der Waals surface area contributed by atoms with Crippen LogP contribution < -0.4 is 0 Å². The van der Waals surface area contributed by atoms with Crippen molar-refractivity contribution in [3.63, 3.8) is 0 Å². The molecule has 4 heteroatoms. The topological polar surface area (TPSA) is 66.2 Å². The Balaban J connectivity index is 1.41. The van der Waals surface area contributed by atoms with Crippen molar-refractivity contribution < 1.29 is 10.2 Å². The van der Waals surface area contributed by atoms with Crippen molar-refractivity contribution in [3.05, 3.63) is 157 Å². The number of nitrogens with zero attached hydrogens (tertiary/aromatic N) is 2. The summed E-state index contributed by atoms with van der Waals surface area (Å²) in [5, 5.41) is 23.0. The maximum atomic E-state index is 11.5. The van der Waals surface area contributed by atoms with Crippen molar-refractivity contribution in [3.8, 4) is 78.5 Å². The Hall–Kier alpha value is -6.00. The molecule has 0 atom stereocenters. The van der Waals surface area contributed by atoms with E-state index in [1.807, 2.05) is 159 Å². The number of benzene rings is 6. The van der Waals surface area contributed by atoms with Crippen LogP contribution >= 0.6 is 0 Å². The molecule has 222 valence electrons. The summed E-state index contributed by atoms with van der Waals surface area (Å²) in [5.41, 5.74) is 11.4. The largest absolute Gasteiger partial charge is 0.507 e. The number of rotatable bonds is 6. The van der Waals surface area contributed by atoms with Crippen LogP contribution in [-0.4, -0.2) is 20.2 Å². The molecule has 0 aliphatic heterocycles. The molecule has 0 unspecified atom stereocenters. The van der Waals surface area contributed by atoms with Gasteiger partial charge in [-0.1, -0.05) is 121 Å². The Morgan fingerprint density at radius 3 is 0.826 bits per heavy atom. The second-order valence-corrected chi connectivity index (χ2v) is 11.4. The third kappa shape index (κ3) is 5.42. The summed E-state index contributed by atoms with van der Waals surface area (Å²) in [6.07, 6.45) is 0. The van der Waals surface area contributed by atoms with Crippen LogP contribution in [0.2, 0.25) is 0 Å². The molecule has 0 spiro atoms. The molecular weight excluding hydrogens is 564 g/mol. The van der Waals surface area contributed by atoms with Gasteiger partial charge in [0.25, 0.3) is 0 Å². The van der Waals surface area contributed by atoms with Gasteiger partial charge in [0.05, 0.1) is 22.8 Å². The minimum atomic E-state index is 0.228. The number of aromatic hydroxyl groups is 2. The van der Waals surface area contributed by atoms with E-state index in [-0.39, 0.29) is 11.5 Å². The fraction of sp³-hybridized carbons (Fsp3) is 0.0476. The lowest BCUT2D eigenvalue weighted by Crippen LogP contribution is -2.01. The van der Waals surface area contributed by atoms with E-state index in [9.17, 15) is 10.2 Å². The van der Waals surface area contributed by atoms with Gasteiger partial charge in [-0.15, -0.1) is 0 Å². The first-order valence-electron chi connectivity index (χ1n) is 15.3. The van der Waals surface area contributed by atoms with Gasteiger partial charge in [-0.3, -0.25) is 0 Å². The maximum absolute atomic E-state index is 11.5. The molecule has 4 nitrogen and oxygen atoms in total. The molecular formula is C42H32N2O2. The van der Waals surface area contributed by atoms with E-state index < -0.39 is 0 Å². The van der Waals surface area contributed by atoms with Crippen molar-refractivity contribution in [1.82, 2.24) is 9.97 Å². The van der Waals surface area contributed by atoms with E-state index in [1.54, 1.807) is 0 Å². The first-order valence-corrected chi connectivity index (χ1v) is 15.3. The van der Waals surface area contributed by atoms with Gasteiger partial charge in [-0.05, 0) is 60.4 Å². The number of aryl methyl sites for hydroxylation is 2. The van der Waals surface area contributed by atoms with Gasteiger partial charge in [0.1, 0.15) is 11.5 Å². The van der Waals surface area contributed by atoms with Crippen molar-refractivity contribution in [2.45, 2.75) is 13.8 Å². The van der Waals surface area contributed by atoms with E-state index >= 15 is 0 Å². The van der Waals surface area contributed by atoms with Gasteiger partial charge in [0, 0.05) is 33.4 Å². The van der Waals surface area contributed by atoms with E-state index in [2.05, 4.69) is 0 Å². The monoisotopic (exact) mass is 596 g/mol. The predicted octanol–water partition coefficient (Wildman–Crippen LogP) is 10.5. The lowest BCUT2D eigenvalue weighted by atomic mass is 9.92. The molecule has 1 heterocycles. The highest BCUT2D eigenvalue weighted by Crippen LogP contribution is 2.44. The molecule has 7 aromatic rings. The normalized spacial score (nSPS) is 11.0. The number of hydrogen-bond acceptors (Lipinski definition) is 4. The van der Waals surface area contributed by atoms with Gasteiger partial charge in [-0.25, -0.2) is 9.97 Å². The molecule has 7 rings (SSSR count). The van der Waals surface area contributed by atoms with Crippen molar-refractivity contribution in [1.29, 1.82) is 0 Å². The number of hydrogen-bond donors (Lipinski definition) is 2. The SMILES string of the molecule is Cc1nc(-c2cc(-c3ccccc3)c(O)c(-c3ccccc3)c2)c(C)nc1-c1cc(-c2ccccc2)c(O)c(-c2ccccc2)c1. The van der Waals surface area contributed by atoms with Gasteiger partial charge >= 0.3 is 0 Å². The zero-order valence-electron chi connectivity index (χ0n) is 25.6. The first-order chi connectivity index (χ1) is 22.5. The van der Waals surface area contributed by atoms with E-state index in [0.29, 0.717) is 0 Å². The van der Waals surface area contributed by atoms with E-state index in [0.717, 1.165) is 78.4 Å². The van der Waals surface area contributed by atoms with Crippen LogP contribution in [0.15, 0.2) is 146 Å². The summed E-state index contributed by atoms with van der Waals surface area (Å²) in [6, 6.07) is 47.6. The molecule has 0 saturated heterocycles. The minimum absolute atomic E-state index is 0.228. The zero-order chi connectivity index (χ0) is 31.6. The summed E-state index contributed by atoms with van der Waals surface area (Å²) < 4.78 is 0. The van der Waals surface area contributed by atoms with Crippen molar-refractivity contribution >= 4 is 0 Å². The van der Waals surface area contributed by atoms with Crippen LogP contribution in [-0.2, 0) is 0 Å². The number of aromatic nitrogens is 2. The molecule has 0 aliphatic rings. The van der Waals surface area contributed by atoms with Crippen LogP contribution in [0.3, 0.4) is 0 Å². The smallest absolute Gasteiger partial charge is 0.131 e. The Morgan fingerprint density at radius 2 is 0.587 bits per heavy atom. The summed E-state index contributed by atoms with van der Waals surface area (Å²) in [6.45, 7) is 3.94.